The molecule has 12 heteroatoms. The van der Waals surface area contributed by atoms with E-state index in [-0.39, 0.29) is 33.0 Å². The minimum atomic E-state index is -1.34. The molecule has 0 aliphatic heterocycles. The lowest BCUT2D eigenvalue weighted by atomic mass is 9.84. The fourth-order valence-electron chi connectivity index (χ4n) is 4.79. The van der Waals surface area contributed by atoms with Crippen molar-refractivity contribution in [1.29, 1.82) is 0 Å². The molecule has 0 unspecified atom stereocenters. The van der Waals surface area contributed by atoms with Crippen molar-refractivity contribution in [3.05, 3.63) is 64.4 Å². The second-order valence-electron chi connectivity index (χ2n) is 7.84. The van der Waals surface area contributed by atoms with Gasteiger partial charge < -0.3 is 20.4 Å². The third-order valence-electron chi connectivity index (χ3n) is 6.04. The van der Waals surface area contributed by atoms with Crippen molar-refractivity contribution < 1.29 is 39.6 Å². The van der Waals surface area contributed by atoms with Crippen molar-refractivity contribution in [1.82, 2.24) is 0 Å². The average molecular weight is 744 g/mol. The Morgan fingerprint density at radius 2 is 0.583 bits per heavy atom. The van der Waals surface area contributed by atoms with Gasteiger partial charge in [0, 0.05) is 61.0 Å². The van der Waals surface area contributed by atoms with Crippen LogP contribution in [0.15, 0.2) is 42.2 Å². The summed E-state index contributed by atoms with van der Waals surface area (Å²) in [6.45, 7) is 0. The zero-order valence-electron chi connectivity index (χ0n) is 17.2. The molecule has 4 N–H and O–H groups in total. The average Bonchev–Trinajstić information content (AvgIpc) is 2.79. The van der Waals surface area contributed by atoms with Crippen molar-refractivity contribution >= 4 is 131 Å². The highest BCUT2D eigenvalue weighted by Gasteiger charge is 2.30. The maximum Gasteiger partial charge on any atom is 0.336 e. The number of carbonyl (C=O) groups is 4. The van der Waals surface area contributed by atoms with Gasteiger partial charge in [-0.3, -0.25) is 0 Å². The Bertz CT molecular complexity index is 1630. The van der Waals surface area contributed by atoms with Crippen LogP contribution < -0.4 is 0 Å². The Labute approximate surface area is 233 Å². The van der Waals surface area contributed by atoms with Crippen molar-refractivity contribution in [3.8, 4) is 0 Å². The van der Waals surface area contributed by atoms with Crippen LogP contribution in [-0.4, -0.2) is 44.3 Å². The summed E-state index contributed by atoms with van der Waals surface area (Å²) in [7, 11) is 0. The summed E-state index contributed by atoms with van der Waals surface area (Å²) in [5.41, 5.74) is -0.989. The van der Waals surface area contributed by atoms with E-state index in [4.69, 9.17) is 0 Å². The summed E-state index contributed by atoms with van der Waals surface area (Å²) in [6, 6.07) is 5.15. The summed E-state index contributed by atoms with van der Waals surface area (Å²) in [4.78, 5) is 48.8. The smallest absolute Gasteiger partial charge is 0.336 e. The molecule has 0 aliphatic rings. The summed E-state index contributed by atoms with van der Waals surface area (Å²) in [6.07, 6.45) is 0. The third-order valence-corrected chi connectivity index (χ3v) is 8.54. The molecule has 0 aliphatic carbocycles. The second-order valence-corrected chi connectivity index (χ2v) is 11.3. The van der Waals surface area contributed by atoms with Crippen molar-refractivity contribution in [2.24, 2.45) is 0 Å². The molecule has 0 radical (unpaired) electrons. The van der Waals surface area contributed by atoms with E-state index in [1.165, 1.54) is 24.3 Å². The van der Waals surface area contributed by atoms with Gasteiger partial charge in [0.05, 0.1) is 22.3 Å². The molecule has 0 aromatic heterocycles. The van der Waals surface area contributed by atoms with Crippen LogP contribution in [0, 0.1) is 0 Å². The molecule has 180 valence electrons. The summed E-state index contributed by atoms with van der Waals surface area (Å²) >= 11 is 13.7. The number of aromatic carboxylic acids is 4. The maximum atomic E-state index is 12.2. The molecule has 0 atom stereocenters. The van der Waals surface area contributed by atoms with E-state index >= 15 is 0 Å². The highest BCUT2D eigenvalue weighted by atomic mass is 79.9. The number of hydrogen-bond donors (Lipinski definition) is 4. The van der Waals surface area contributed by atoms with Crippen LogP contribution in [-0.2, 0) is 0 Å². The van der Waals surface area contributed by atoms with E-state index in [1.54, 1.807) is 0 Å². The van der Waals surface area contributed by atoms with Crippen LogP contribution in [0.4, 0.5) is 0 Å². The monoisotopic (exact) mass is 740 g/mol. The van der Waals surface area contributed by atoms with Crippen LogP contribution in [0.2, 0.25) is 0 Å². The van der Waals surface area contributed by atoms with Crippen LogP contribution in [0.5, 0.6) is 0 Å². The van der Waals surface area contributed by atoms with Gasteiger partial charge in [-0.15, -0.1) is 0 Å². The Balaban J connectivity index is 2.33. The van der Waals surface area contributed by atoms with E-state index in [0.717, 1.165) is 0 Å². The molecule has 8 nitrogen and oxygen atoms in total. The first-order chi connectivity index (χ1) is 16.9. The standard InChI is InChI=1S/C24H8Br4O8/c25-9-1-5(21(29)30)13-6(22(31)32)2-11(27)17-18-12(28)4-8(24(35)36)14-7(23(33)34)3-10(26)16(20(14)18)15(9)19(13)17/h1-4H,(H,29,30)(H,31,32)(H,33,34)(H,35,36). The Kier molecular flexibility index (Phi) is 5.78. The number of rotatable bonds is 4. The van der Waals surface area contributed by atoms with Crippen LogP contribution in [0.1, 0.15) is 41.4 Å². The fraction of sp³-hybridized carbons (Fsp3) is 0. The molecular formula is C24H8Br4O8. The topological polar surface area (TPSA) is 149 Å². The first kappa shape index (κ1) is 24.9. The minimum Gasteiger partial charge on any atom is -0.478 e. The van der Waals surface area contributed by atoms with Gasteiger partial charge in [0.15, 0.2) is 0 Å². The van der Waals surface area contributed by atoms with Crippen molar-refractivity contribution in [3.63, 3.8) is 0 Å². The lowest BCUT2D eigenvalue weighted by Gasteiger charge is -2.22. The van der Waals surface area contributed by atoms with Crippen LogP contribution in [0.3, 0.4) is 0 Å². The van der Waals surface area contributed by atoms with Gasteiger partial charge in [0.1, 0.15) is 0 Å². The van der Waals surface area contributed by atoms with Gasteiger partial charge in [0.2, 0.25) is 0 Å². The third kappa shape index (κ3) is 3.28. The molecule has 5 rings (SSSR count). The van der Waals surface area contributed by atoms with E-state index < -0.39 is 23.9 Å². The summed E-state index contributed by atoms with van der Waals surface area (Å²) < 4.78 is 1.21. The molecule has 5 aromatic rings. The molecule has 0 saturated heterocycles. The predicted molar refractivity (Wildman–Crippen MR) is 146 cm³/mol. The zero-order chi connectivity index (χ0) is 26.4. The molecule has 0 spiro atoms. The second kappa shape index (κ2) is 8.37. The number of halogens is 4. The van der Waals surface area contributed by atoms with Crippen molar-refractivity contribution in [2.45, 2.75) is 0 Å². The maximum absolute atomic E-state index is 12.2. The Morgan fingerprint density at radius 3 is 0.750 bits per heavy atom. The molecule has 5 aromatic carbocycles. The summed E-state index contributed by atoms with van der Waals surface area (Å²) in [5.74, 6) is -5.35. The first-order valence-electron chi connectivity index (χ1n) is 9.78. The Morgan fingerprint density at radius 1 is 0.389 bits per heavy atom. The minimum absolute atomic E-state index is 0.0198. The van der Waals surface area contributed by atoms with Gasteiger partial charge in [-0.1, -0.05) is 63.7 Å². The first-order valence-corrected chi connectivity index (χ1v) is 12.9. The van der Waals surface area contributed by atoms with E-state index in [1.807, 2.05) is 0 Å². The van der Waals surface area contributed by atoms with Gasteiger partial charge in [-0.25, -0.2) is 19.2 Å². The summed E-state index contributed by atoms with van der Waals surface area (Å²) in [5, 5.41) is 41.9. The molecule has 36 heavy (non-hydrogen) atoms. The highest BCUT2D eigenvalue weighted by molar-refractivity contribution is 9.11. The molecule has 0 heterocycles. The Hall–Kier alpha value is -2.80. The molecule has 0 amide bonds. The fourth-order valence-corrected chi connectivity index (χ4v) is 7.29. The van der Waals surface area contributed by atoms with Gasteiger partial charge >= 0.3 is 23.9 Å². The number of carboxylic acids is 4. The lowest BCUT2D eigenvalue weighted by molar-refractivity contribution is 0.0681. The zero-order valence-corrected chi connectivity index (χ0v) is 23.6. The number of carboxylic acid groups (broad SMARTS) is 4. The quantitative estimate of drug-likeness (QED) is 0.109. The van der Waals surface area contributed by atoms with E-state index in [0.29, 0.717) is 50.2 Å². The van der Waals surface area contributed by atoms with Crippen LogP contribution in [0.25, 0.3) is 43.1 Å². The number of fused-ring (bicyclic) bond motifs is 2. The SMILES string of the molecule is O=C(O)c1cc(Br)c2c3c(Br)cc(C(=O)O)c4c(C(=O)O)cc(Br)c(c5c(Br)cc(C(=O)O)c1c25)c43. The normalized spacial score (nSPS) is 11.7. The van der Waals surface area contributed by atoms with Gasteiger partial charge in [-0.05, 0) is 24.3 Å². The largest absolute Gasteiger partial charge is 0.478 e. The number of hydrogen-bond acceptors (Lipinski definition) is 4. The van der Waals surface area contributed by atoms with Crippen molar-refractivity contribution in [2.75, 3.05) is 0 Å². The van der Waals surface area contributed by atoms with E-state index in [2.05, 4.69) is 63.7 Å². The molecule has 0 saturated carbocycles. The van der Waals surface area contributed by atoms with Gasteiger partial charge in [0.25, 0.3) is 0 Å². The number of benzene rings is 5. The predicted octanol–water partition coefficient (Wildman–Crippen LogP) is 7.58. The molecule has 0 fully saturated rings. The highest BCUT2D eigenvalue weighted by Crippen LogP contribution is 2.52. The van der Waals surface area contributed by atoms with Gasteiger partial charge in [-0.2, -0.15) is 0 Å². The van der Waals surface area contributed by atoms with Crippen LogP contribution >= 0.6 is 63.7 Å². The molecule has 0 bridgehead atoms. The lowest BCUT2D eigenvalue weighted by Crippen LogP contribution is -2.08. The van der Waals surface area contributed by atoms with E-state index in [9.17, 15) is 39.6 Å². The molecular weight excluding hydrogens is 736 g/mol.